The molecule has 0 bridgehead atoms. The summed E-state index contributed by atoms with van der Waals surface area (Å²) in [4.78, 5) is 32.0. The van der Waals surface area contributed by atoms with Crippen LogP contribution in [0, 0.1) is 0 Å². The molecule has 3 aromatic rings. The summed E-state index contributed by atoms with van der Waals surface area (Å²) < 4.78 is 4.78. The molecule has 28 heavy (non-hydrogen) atoms. The van der Waals surface area contributed by atoms with Crippen LogP contribution in [0.15, 0.2) is 21.9 Å². The molecule has 1 fully saturated rings. The van der Waals surface area contributed by atoms with E-state index in [9.17, 15) is 9.59 Å². The van der Waals surface area contributed by atoms with Crippen LogP contribution in [0.25, 0.3) is 11.0 Å². The maximum Gasteiger partial charge on any atom is 0.267 e. The van der Waals surface area contributed by atoms with Crippen molar-refractivity contribution in [2.75, 3.05) is 11.4 Å². The van der Waals surface area contributed by atoms with Gasteiger partial charge in [-0.25, -0.2) is 4.68 Å². The summed E-state index contributed by atoms with van der Waals surface area (Å²) in [6.07, 6.45) is 6.57. The van der Waals surface area contributed by atoms with Gasteiger partial charge in [-0.3, -0.25) is 18.8 Å². The van der Waals surface area contributed by atoms with E-state index in [-0.39, 0.29) is 17.2 Å². The number of fused-ring (bicyclic) bond motifs is 2. The highest BCUT2D eigenvalue weighted by Gasteiger charge is 2.30. The first-order chi connectivity index (χ1) is 13.5. The second-order valence-electron chi connectivity index (χ2n) is 7.80. The molecule has 146 valence electrons. The predicted molar refractivity (Wildman–Crippen MR) is 105 cm³/mol. The van der Waals surface area contributed by atoms with Crippen LogP contribution in [0.3, 0.4) is 0 Å². The number of hydrogen-bond donors (Lipinski definition) is 0. The lowest BCUT2D eigenvalue weighted by atomic mass is 10.2. The Morgan fingerprint density at radius 2 is 2.00 bits per heavy atom. The highest BCUT2D eigenvalue weighted by Crippen LogP contribution is 2.25. The Labute approximate surface area is 161 Å². The monoisotopic (exact) mass is 381 g/mol. The highest BCUT2D eigenvalue weighted by atomic mass is 16.1. The Kier molecular flexibility index (Phi) is 3.85. The molecule has 1 unspecified atom stereocenters. The molecule has 4 heterocycles. The molecule has 0 saturated carbocycles. The van der Waals surface area contributed by atoms with Crippen LogP contribution in [0.2, 0.25) is 0 Å². The molecule has 1 atom stereocenters. The van der Waals surface area contributed by atoms with E-state index in [1.54, 1.807) is 40.3 Å². The Morgan fingerprint density at radius 3 is 2.86 bits per heavy atom. The molecule has 1 saturated heterocycles. The first-order valence-corrected chi connectivity index (χ1v) is 9.78. The number of anilines is 1. The highest BCUT2D eigenvalue weighted by molar-refractivity contribution is 5.74. The van der Waals surface area contributed by atoms with E-state index in [0.29, 0.717) is 23.5 Å². The Morgan fingerprint density at radius 1 is 1.14 bits per heavy atom. The molecule has 2 aliphatic rings. The number of aryl methyl sites for hydroxylation is 3. The zero-order valence-corrected chi connectivity index (χ0v) is 16.1. The van der Waals surface area contributed by atoms with Crippen LogP contribution < -0.4 is 16.0 Å². The molecule has 1 aliphatic heterocycles. The molecule has 1 aliphatic carbocycles. The average Bonchev–Trinajstić information content (AvgIpc) is 3.38. The summed E-state index contributed by atoms with van der Waals surface area (Å²) in [6.45, 7) is 1.30. The van der Waals surface area contributed by atoms with Crippen LogP contribution in [0.4, 0.5) is 5.95 Å². The molecule has 5 rings (SSSR count). The minimum absolute atomic E-state index is 0.0467. The van der Waals surface area contributed by atoms with Crippen LogP contribution >= 0.6 is 0 Å². The van der Waals surface area contributed by atoms with Gasteiger partial charge in [0.15, 0.2) is 5.65 Å². The normalized spacial score (nSPS) is 18.9. The molecule has 0 aromatic carbocycles. The fourth-order valence-electron chi connectivity index (χ4n) is 4.47. The lowest BCUT2D eigenvalue weighted by Crippen LogP contribution is -2.40. The number of aromatic nitrogens is 6. The molecule has 3 aromatic heterocycles. The molecule has 9 heteroatoms. The lowest BCUT2D eigenvalue weighted by Gasteiger charge is -2.27. The predicted octanol–water partition coefficient (Wildman–Crippen LogP) is 0.381. The van der Waals surface area contributed by atoms with Gasteiger partial charge in [0.05, 0.1) is 18.3 Å². The Balaban J connectivity index is 1.51. The summed E-state index contributed by atoms with van der Waals surface area (Å²) in [5.41, 5.74) is 2.44. The third kappa shape index (κ3) is 2.64. The van der Waals surface area contributed by atoms with Gasteiger partial charge in [0.1, 0.15) is 5.39 Å². The summed E-state index contributed by atoms with van der Waals surface area (Å²) >= 11 is 0. The number of hydrogen-bond acceptors (Lipinski definition) is 6. The first-order valence-electron chi connectivity index (χ1n) is 9.78. The maximum atomic E-state index is 12.7. The van der Waals surface area contributed by atoms with Crippen molar-refractivity contribution < 1.29 is 0 Å². The minimum atomic E-state index is -0.105. The lowest BCUT2D eigenvalue weighted by molar-refractivity contribution is 0.477. The van der Waals surface area contributed by atoms with Crippen molar-refractivity contribution in [3.63, 3.8) is 0 Å². The second kappa shape index (κ2) is 6.29. The van der Waals surface area contributed by atoms with Crippen LogP contribution in [-0.4, -0.2) is 41.7 Å². The van der Waals surface area contributed by atoms with Gasteiger partial charge in [0, 0.05) is 32.9 Å². The SMILES string of the molecule is Cn1cc2c(=O)n(C)c(N3CCCC3Cn3nc4c(cc3=O)CCC4)nc2n1. The van der Waals surface area contributed by atoms with Gasteiger partial charge in [0.25, 0.3) is 11.1 Å². The van der Waals surface area contributed by atoms with Crippen LogP contribution in [0.5, 0.6) is 0 Å². The fourth-order valence-corrected chi connectivity index (χ4v) is 4.47. The number of rotatable bonds is 3. The van der Waals surface area contributed by atoms with E-state index >= 15 is 0 Å². The quantitative estimate of drug-likeness (QED) is 0.652. The van der Waals surface area contributed by atoms with Gasteiger partial charge >= 0.3 is 0 Å². The van der Waals surface area contributed by atoms with E-state index < -0.39 is 0 Å². The molecular formula is C19H23N7O2. The van der Waals surface area contributed by atoms with Crippen molar-refractivity contribution in [2.24, 2.45) is 14.1 Å². The molecule has 0 spiro atoms. The van der Waals surface area contributed by atoms with Crippen molar-refractivity contribution >= 4 is 17.0 Å². The van der Waals surface area contributed by atoms with Crippen molar-refractivity contribution in [3.8, 4) is 0 Å². The fraction of sp³-hybridized carbons (Fsp3) is 0.526. The summed E-state index contributed by atoms with van der Waals surface area (Å²) in [5, 5.41) is 9.43. The minimum Gasteiger partial charge on any atom is -0.337 e. The second-order valence-corrected chi connectivity index (χ2v) is 7.80. The van der Waals surface area contributed by atoms with Gasteiger partial charge in [0.2, 0.25) is 5.95 Å². The summed E-state index contributed by atoms with van der Waals surface area (Å²) in [6, 6.07) is 1.81. The van der Waals surface area contributed by atoms with E-state index in [1.165, 1.54) is 0 Å². The summed E-state index contributed by atoms with van der Waals surface area (Å²) in [5.74, 6) is 0.605. The molecule has 0 N–H and O–H groups in total. The van der Waals surface area contributed by atoms with E-state index in [1.807, 2.05) is 0 Å². The summed E-state index contributed by atoms with van der Waals surface area (Å²) in [7, 11) is 3.53. The largest absolute Gasteiger partial charge is 0.337 e. The van der Waals surface area contributed by atoms with E-state index in [0.717, 1.165) is 49.9 Å². The first kappa shape index (κ1) is 17.2. The average molecular weight is 381 g/mol. The van der Waals surface area contributed by atoms with Gasteiger partial charge in [-0.2, -0.15) is 15.2 Å². The van der Waals surface area contributed by atoms with Crippen molar-refractivity contribution in [1.82, 2.24) is 29.1 Å². The third-order valence-corrected chi connectivity index (χ3v) is 5.89. The topological polar surface area (TPSA) is 90.8 Å². The van der Waals surface area contributed by atoms with E-state index in [2.05, 4.69) is 20.1 Å². The van der Waals surface area contributed by atoms with Gasteiger partial charge in [-0.15, -0.1) is 0 Å². The molecule has 0 amide bonds. The number of nitrogens with zero attached hydrogens (tertiary/aromatic N) is 7. The van der Waals surface area contributed by atoms with Gasteiger partial charge in [-0.05, 0) is 37.7 Å². The van der Waals surface area contributed by atoms with Crippen LogP contribution in [-0.2, 0) is 33.5 Å². The van der Waals surface area contributed by atoms with Crippen molar-refractivity contribution in [2.45, 2.75) is 44.7 Å². The smallest absolute Gasteiger partial charge is 0.267 e. The Bertz CT molecular complexity index is 1190. The van der Waals surface area contributed by atoms with Crippen molar-refractivity contribution in [1.29, 1.82) is 0 Å². The third-order valence-electron chi connectivity index (χ3n) is 5.89. The zero-order chi connectivity index (χ0) is 19.4. The van der Waals surface area contributed by atoms with E-state index in [4.69, 9.17) is 0 Å². The van der Waals surface area contributed by atoms with Gasteiger partial charge < -0.3 is 4.90 Å². The maximum absolute atomic E-state index is 12.7. The van der Waals surface area contributed by atoms with Crippen molar-refractivity contribution in [3.05, 3.63) is 44.2 Å². The van der Waals surface area contributed by atoms with Crippen LogP contribution in [0.1, 0.15) is 30.5 Å². The zero-order valence-electron chi connectivity index (χ0n) is 16.1. The molecule has 0 radical (unpaired) electrons. The Hall–Kier alpha value is -2.97. The van der Waals surface area contributed by atoms with Gasteiger partial charge in [-0.1, -0.05) is 0 Å². The molecule has 9 nitrogen and oxygen atoms in total. The standard InChI is InChI=1S/C19H23N7O2/c1-23-11-14-17(22-23)20-19(24(2)18(14)28)25-8-4-6-13(25)10-26-16(27)9-12-5-3-7-15(12)21-26/h9,11,13H,3-8,10H2,1-2H3. The molecular weight excluding hydrogens is 358 g/mol.